The molecule has 0 aromatic heterocycles. The second kappa shape index (κ2) is 10.3. The molecule has 1 saturated heterocycles. The summed E-state index contributed by atoms with van der Waals surface area (Å²) in [4.78, 5) is 36.0. The lowest BCUT2D eigenvalue weighted by Gasteiger charge is -2.35. The number of aliphatic imine (C=N–C) groups is 1. The number of amidine groups is 1. The zero-order valence-electron chi connectivity index (χ0n) is 21.9. The fourth-order valence-corrected chi connectivity index (χ4v) is 6.64. The third-order valence-electron chi connectivity index (χ3n) is 7.47. The second-order valence-electron chi connectivity index (χ2n) is 9.86. The third kappa shape index (κ3) is 5.10. The van der Waals surface area contributed by atoms with Crippen molar-refractivity contribution in [1.29, 1.82) is 0 Å². The highest BCUT2D eigenvalue weighted by atomic mass is 32.2. The number of piperidine rings is 1. The summed E-state index contributed by atoms with van der Waals surface area (Å²) in [5.41, 5.74) is 8.18. The van der Waals surface area contributed by atoms with Gasteiger partial charge in [0.1, 0.15) is 11.4 Å². The van der Waals surface area contributed by atoms with Gasteiger partial charge in [0, 0.05) is 43.0 Å². The van der Waals surface area contributed by atoms with Crippen molar-refractivity contribution in [2.24, 2.45) is 10.7 Å². The number of likely N-dealkylation sites (N-methyl/N-ethyl adjacent to an activating group) is 1. The molecule has 1 fully saturated rings. The Morgan fingerprint density at radius 2 is 1.82 bits per heavy atom. The van der Waals surface area contributed by atoms with Crippen LogP contribution in [0.4, 0.5) is 15.0 Å². The molecule has 2 aliphatic rings. The van der Waals surface area contributed by atoms with E-state index in [0.29, 0.717) is 23.5 Å². The van der Waals surface area contributed by atoms with Crippen LogP contribution in [0.5, 0.6) is 5.75 Å². The summed E-state index contributed by atoms with van der Waals surface area (Å²) in [6.07, 6.45) is 0.827. The van der Waals surface area contributed by atoms with Crippen molar-refractivity contribution in [2.45, 2.75) is 38.6 Å². The van der Waals surface area contributed by atoms with Gasteiger partial charge >= 0.3 is 6.03 Å². The predicted octanol–water partition coefficient (Wildman–Crippen LogP) is 2.71. The Bertz CT molecular complexity index is 1380. The van der Waals surface area contributed by atoms with E-state index < -0.39 is 21.6 Å². The normalized spacial score (nSPS) is 17.6. The first-order valence-corrected chi connectivity index (χ1v) is 13.9. The Labute approximate surface area is 221 Å². The third-order valence-corrected chi connectivity index (χ3v) is 9.35. The van der Waals surface area contributed by atoms with Crippen molar-refractivity contribution >= 4 is 33.5 Å². The summed E-state index contributed by atoms with van der Waals surface area (Å²) < 4.78 is 40.5. The van der Waals surface area contributed by atoms with Gasteiger partial charge in [0.25, 0.3) is 5.91 Å². The first-order chi connectivity index (χ1) is 17.9. The Morgan fingerprint density at radius 1 is 1.18 bits per heavy atom. The monoisotopic (exact) mass is 545 g/mol. The molecule has 204 valence electrons. The van der Waals surface area contributed by atoms with Crippen molar-refractivity contribution in [3.05, 3.63) is 58.7 Å². The highest BCUT2D eigenvalue weighted by molar-refractivity contribution is 7.89. The van der Waals surface area contributed by atoms with Crippen LogP contribution in [-0.4, -0.2) is 73.9 Å². The number of nitrogens with zero attached hydrogens (tertiary/aromatic N) is 4. The van der Waals surface area contributed by atoms with Crippen LogP contribution < -0.4 is 15.6 Å². The van der Waals surface area contributed by atoms with Crippen LogP contribution >= 0.6 is 0 Å². The van der Waals surface area contributed by atoms with E-state index in [1.54, 1.807) is 26.2 Å². The number of halogens is 1. The smallest absolute Gasteiger partial charge is 0.318 e. The number of primary amides is 1. The number of urea groups is 1. The van der Waals surface area contributed by atoms with E-state index in [2.05, 4.69) is 4.94 Å². The summed E-state index contributed by atoms with van der Waals surface area (Å²) in [5, 5.41) is 0. The number of benzene rings is 2. The van der Waals surface area contributed by atoms with Crippen LogP contribution in [0, 0.1) is 13.8 Å². The molecule has 2 aromatic carbocycles. The molecule has 38 heavy (non-hydrogen) atoms. The van der Waals surface area contributed by atoms with Gasteiger partial charge < -0.3 is 5.73 Å². The minimum absolute atomic E-state index is 0.00733. The summed E-state index contributed by atoms with van der Waals surface area (Å²) >= 11 is 0. The Morgan fingerprint density at radius 3 is 2.39 bits per heavy atom. The van der Waals surface area contributed by atoms with Gasteiger partial charge in [-0.15, -0.1) is 0 Å². The van der Waals surface area contributed by atoms with Crippen molar-refractivity contribution in [3.8, 4) is 5.75 Å². The summed E-state index contributed by atoms with van der Waals surface area (Å²) in [7, 11) is -0.397. The molecular weight excluding hydrogens is 513 g/mol. The molecule has 4 rings (SSSR count). The van der Waals surface area contributed by atoms with Gasteiger partial charge in [-0.05, 0) is 74.1 Å². The molecule has 2 aromatic rings. The number of rotatable bonds is 7. The number of nitrogens with two attached hydrogens (primary N) is 1. The number of sulfonamides is 1. The van der Waals surface area contributed by atoms with Gasteiger partial charge in [-0.1, -0.05) is 12.1 Å². The van der Waals surface area contributed by atoms with Crippen LogP contribution in [0.15, 0.2) is 41.4 Å². The molecule has 0 bridgehead atoms. The molecule has 10 nitrogen and oxygen atoms in total. The lowest BCUT2D eigenvalue weighted by molar-refractivity contribution is -0.131. The molecule has 0 radical (unpaired) electrons. The fraction of sp³-hybridized carbons (Fsp3) is 0.423. The SMILES string of the molecule is Cc1cc(N(C)C(N)=O)cc(C)c1CCS(=O)(=O)N1CCC2(CC1)N=C(c1cccc(OF)c1)N(C)C2=O. The van der Waals surface area contributed by atoms with Crippen LogP contribution in [-0.2, 0) is 21.2 Å². The fourth-order valence-electron chi connectivity index (χ4n) is 5.18. The topological polar surface area (TPSA) is 126 Å². The summed E-state index contributed by atoms with van der Waals surface area (Å²) in [5.74, 6) is 0.128. The van der Waals surface area contributed by atoms with Gasteiger partial charge in [-0.2, -0.15) is 0 Å². The minimum Gasteiger partial charge on any atom is -0.351 e. The summed E-state index contributed by atoms with van der Waals surface area (Å²) in [6.45, 7) is 4.11. The quantitative estimate of drug-likeness (QED) is 0.573. The van der Waals surface area contributed by atoms with Crippen molar-refractivity contribution in [2.75, 3.05) is 37.8 Å². The van der Waals surface area contributed by atoms with Crippen LogP contribution in [0.2, 0.25) is 0 Å². The minimum atomic E-state index is -3.59. The van der Waals surface area contributed by atoms with E-state index in [-0.39, 0.29) is 43.3 Å². The number of aryl methyl sites for hydroxylation is 2. The van der Waals surface area contributed by atoms with E-state index in [9.17, 15) is 22.5 Å². The molecule has 0 atom stereocenters. The zero-order valence-corrected chi connectivity index (χ0v) is 22.7. The highest BCUT2D eigenvalue weighted by Gasteiger charge is 2.50. The van der Waals surface area contributed by atoms with Crippen LogP contribution in [0.25, 0.3) is 0 Å². The van der Waals surface area contributed by atoms with Gasteiger partial charge in [0.15, 0.2) is 5.75 Å². The molecule has 2 heterocycles. The number of amides is 3. The molecule has 2 N–H and O–H groups in total. The molecular formula is C26H32FN5O5S. The van der Waals surface area contributed by atoms with Crippen molar-refractivity contribution < 1.29 is 27.5 Å². The van der Waals surface area contributed by atoms with Crippen molar-refractivity contribution in [1.82, 2.24) is 9.21 Å². The van der Waals surface area contributed by atoms with Crippen LogP contribution in [0.1, 0.15) is 35.1 Å². The average molecular weight is 546 g/mol. The molecule has 0 unspecified atom stereocenters. The standard InChI is InChI=1S/C26H32FN5O5S/c1-17-14-20(30(3)25(28)34)15-18(2)22(17)8-13-38(35,36)32-11-9-26(10-12-32)24(33)31(4)23(29-26)19-6-5-7-21(16-19)37-27/h5-7,14-16H,8-13H2,1-4H3,(H2,28,34). The Hall–Kier alpha value is -3.51. The zero-order chi connectivity index (χ0) is 27.8. The van der Waals surface area contributed by atoms with E-state index in [1.807, 2.05) is 26.0 Å². The van der Waals surface area contributed by atoms with Crippen molar-refractivity contribution in [3.63, 3.8) is 0 Å². The maximum atomic E-state index is 13.2. The Kier molecular flexibility index (Phi) is 7.48. The number of hydrogen-bond acceptors (Lipinski definition) is 6. The van der Waals surface area contributed by atoms with E-state index >= 15 is 0 Å². The lowest BCUT2D eigenvalue weighted by Crippen LogP contribution is -2.51. The predicted molar refractivity (Wildman–Crippen MR) is 142 cm³/mol. The number of hydrogen-bond donors (Lipinski definition) is 1. The molecule has 0 saturated carbocycles. The highest BCUT2D eigenvalue weighted by Crippen LogP contribution is 2.36. The van der Waals surface area contributed by atoms with E-state index in [0.717, 1.165) is 16.7 Å². The maximum Gasteiger partial charge on any atom is 0.318 e. The maximum absolute atomic E-state index is 13.2. The molecule has 0 aliphatic carbocycles. The number of anilines is 1. The average Bonchev–Trinajstić information content (AvgIpc) is 3.12. The largest absolute Gasteiger partial charge is 0.351 e. The first kappa shape index (κ1) is 27.5. The first-order valence-electron chi connectivity index (χ1n) is 12.3. The lowest BCUT2D eigenvalue weighted by atomic mass is 9.89. The molecule has 1 spiro atoms. The Balaban J connectivity index is 1.45. The van der Waals surface area contributed by atoms with Crippen LogP contribution in [0.3, 0.4) is 0 Å². The van der Waals surface area contributed by atoms with E-state index in [1.165, 1.54) is 26.2 Å². The molecule has 2 aliphatic heterocycles. The second-order valence-corrected chi connectivity index (χ2v) is 11.9. The van der Waals surface area contributed by atoms with Gasteiger partial charge in [0.05, 0.1) is 5.75 Å². The summed E-state index contributed by atoms with van der Waals surface area (Å²) in [6, 6.07) is 9.30. The molecule has 3 amide bonds. The molecule has 12 heteroatoms. The van der Waals surface area contributed by atoms with Gasteiger partial charge in [-0.25, -0.2) is 17.5 Å². The van der Waals surface area contributed by atoms with Gasteiger partial charge in [-0.3, -0.25) is 24.5 Å². The van der Waals surface area contributed by atoms with E-state index in [4.69, 9.17) is 10.7 Å². The van der Waals surface area contributed by atoms with Gasteiger partial charge in [0.2, 0.25) is 10.0 Å². The number of carbonyl (C=O) groups is 2. The number of carbonyl (C=O) groups excluding carboxylic acids is 2.